The van der Waals surface area contributed by atoms with Crippen LogP contribution in [0, 0.1) is 11.6 Å². The summed E-state index contributed by atoms with van der Waals surface area (Å²) in [7, 11) is 2.67. The Hall–Kier alpha value is -2.02. The minimum Gasteiger partial charge on any atom is -0.468 e. The summed E-state index contributed by atoms with van der Waals surface area (Å²) in [5, 5.41) is 2.90. The third kappa shape index (κ3) is 4.50. The van der Waals surface area contributed by atoms with Crippen LogP contribution in [0.25, 0.3) is 0 Å². The lowest BCUT2D eigenvalue weighted by Crippen LogP contribution is -2.43. The average molecular weight is 340 g/mol. The summed E-state index contributed by atoms with van der Waals surface area (Å²) in [5.41, 5.74) is -0.155. The molecule has 0 heterocycles. The molecule has 1 saturated carbocycles. The quantitative estimate of drug-likeness (QED) is 0.807. The molecule has 7 heteroatoms. The second-order valence-electron chi connectivity index (χ2n) is 6.06. The fourth-order valence-corrected chi connectivity index (χ4v) is 3.04. The molecule has 0 bridgehead atoms. The maximum absolute atomic E-state index is 14.0. The number of carbonyl (C=O) groups is 2. The third-order valence-corrected chi connectivity index (χ3v) is 4.23. The van der Waals surface area contributed by atoms with Crippen LogP contribution >= 0.6 is 0 Å². The Bertz CT molecular complexity index is 603. The number of halogens is 2. The largest absolute Gasteiger partial charge is 0.468 e. The van der Waals surface area contributed by atoms with Crippen LogP contribution in [0.5, 0.6) is 0 Å². The van der Waals surface area contributed by atoms with Crippen molar-refractivity contribution >= 4 is 11.9 Å². The Morgan fingerprint density at radius 1 is 1.33 bits per heavy atom. The van der Waals surface area contributed by atoms with E-state index in [1.165, 1.54) is 19.1 Å². The summed E-state index contributed by atoms with van der Waals surface area (Å²) >= 11 is 0. The molecular formula is C17H22F2N2O3. The monoisotopic (exact) mass is 340 g/mol. The van der Waals surface area contributed by atoms with E-state index in [1.54, 1.807) is 0 Å². The number of hydrogen-bond donors (Lipinski definition) is 1. The van der Waals surface area contributed by atoms with Crippen LogP contribution in [-0.4, -0.2) is 43.5 Å². The summed E-state index contributed by atoms with van der Waals surface area (Å²) in [4.78, 5) is 25.5. The van der Waals surface area contributed by atoms with Crippen molar-refractivity contribution in [3.63, 3.8) is 0 Å². The van der Waals surface area contributed by atoms with E-state index in [0.29, 0.717) is 0 Å². The topological polar surface area (TPSA) is 58.6 Å². The van der Waals surface area contributed by atoms with Crippen LogP contribution in [0.4, 0.5) is 8.78 Å². The van der Waals surface area contributed by atoms with Gasteiger partial charge in [0.2, 0.25) is 5.91 Å². The van der Waals surface area contributed by atoms with Crippen molar-refractivity contribution in [3.05, 3.63) is 35.4 Å². The molecule has 0 radical (unpaired) electrons. The first-order chi connectivity index (χ1) is 11.4. The molecule has 132 valence electrons. The Labute approximate surface area is 140 Å². The number of esters is 1. The predicted octanol–water partition coefficient (Wildman–Crippen LogP) is 2.17. The fraction of sp³-hybridized carbons (Fsp3) is 0.529. The number of methoxy groups -OCH3 is 1. The van der Waals surface area contributed by atoms with Gasteiger partial charge >= 0.3 is 5.97 Å². The molecule has 1 atom stereocenters. The normalized spacial score (nSPS) is 16.2. The molecule has 0 saturated heterocycles. The van der Waals surface area contributed by atoms with Crippen LogP contribution < -0.4 is 5.32 Å². The number of hydrogen-bond acceptors (Lipinski definition) is 4. The number of rotatable bonds is 6. The number of carbonyl (C=O) groups excluding carboxylic acids is 2. The molecule has 0 aliphatic heterocycles. The van der Waals surface area contributed by atoms with E-state index in [0.717, 1.165) is 43.9 Å². The van der Waals surface area contributed by atoms with E-state index in [-0.39, 0.29) is 24.1 Å². The molecule has 0 spiro atoms. The maximum atomic E-state index is 14.0. The van der Waals surface area contributed by atoms with Gasteiger partial charge in [-0.1, -0.05) is 12.8 Å². The lowest BCUT2D eigenvalue weighted by atomic mass is 10.0. The second kappa shape index (κ2) is 8.19. The predicted molar refractivity (Wildman–Crippen MR) is 84.1 cm³/mol. The Balaban J connectivity index is 2.13. The van der Waals surface area contributed by atoms with Gasteiger partial charge in [0.05, 0.1) is 13.7 Å². The van der Waals surface area contributed by atoms with Gasteiger partial charge in [0.25, 0.3) is 0 Å². The summed E-state index contributed by atoms with van der Waals surface area (Å²) < 4.78 is 32.2. The van der Waals surface area contributed by atoms with Gasteiger partial charge in [0.15, 0.2) is 0 Å². The molecule has 1 amide bonds. The zero-order valence-corrected chi connectivity index (χ0v) is 13.9. The second-order valence-corrected chi connectivity index (χ2v) is 6.06. The van der Waals surface area contributed by atoms with Crippen LogP contribution in [0.15, 0.2) is 18.2 Å². The SMILES string of the molecule is COC(=O)C(c1cc(F)ccc1F)N(C)CC(=O)NC1CCCC1. The van der Waals surface area contributed by atoms with E-state index in [9.17, 15) is 18.4 Å². The molecule has 1 aliphatic rings. The summed E-state index contributed by atoms with van der Waals surface area (Å²) in [6.45, 7) is -0.119. The number of benzene rings is 1. The molecule has 1 N–H and O–H groups in total. The van der Waals surface area contributed by atoms with Crippen LogP contribution in [0.3, 0.4) is 0 Å². The lowest BCUT2D eigenvalue weighted by molar-refractivity contribution is -0.147. The van der Waals surface area contributed by atoms with E-state index >= 15 is 0 Å². The van der Waals surface area contributed by atoms with Crippen molar-refractivity contribution in [2.75, 3.05) is 20.7 Å². The van der Waals surface area contributed by atoms with Gasteiger partial charge in [-0.05, 0) is 38.1 Å². The Morgan fingerprint density at radius 2 is 2.00 bits per heavy atom. The molecule has 1 aliphatic carbocycles. The Kier molecular flexibility index (Phi) is 6.25. The van der Waals surface area contributed by atoms with Gasteiger partial charge in [0, 0.05) is 11.6 Å². The standard InChI is InChI=1S/C17H22F2N2O3/c1-21(10-15(22)20-12-5-3-4-6-12)16(17(23)24-2)13-9-11(18)7-8-14(13)19/h7-9,12,16H,3-6,10H2,1-2H3,(H,20,22). The number of ether oxygens (including phenoxy) is 1. The molecule has 0 aromatic heterocycles. The fourth-order valence-electron chi connectivity index (χ4n) is 3.04. The highest BCUT2D eigenvalue weighted by molar-refractivity contribution is 5.81. The van der Waals surface area contributed by atoms with Gasteiger partial charge in [-0.2, -0.15) is 0 Å². The maximum Gasteiger partial charge on any atom is 0.327 e. The minimum atomic E-state index is -1.19. The number of amides is 1. The van der Waals surface area contributed by atoms with Gasteiger partial charge < -0.3 is 10.1 Å². The molecule has 2 rings (SSSR count). The van der Waals surface area contributed by atoms with Crippen LogP contribution in [-0.2, 0) is 14.3 Å². The van der Waals surface area contributed by atoms with Crippen molar-refractivity contribution in [3.8, 4) is 0 Å². The Morgan fingerprint density at radius 3 is 2.62 bits per heavy atom. The molecular weight excluding hydrogens is 318 g/mol. The highest BCUT2D eigenvalue weighted by Crippen LogP contribution is 2.25. The van der Waals surface area contributed by atoms with Crippen LogP contribution in [0.1, 0.15) is 37.3 Å². The highest BCUT2D eigenvalue weighted by Gasteiger charge is 2.30. The van der Waals surface area contributed by atoms with Gasteiger partial charge in [-0.3, -0.25) is 9.69 Å². The van der Waals surface area contributed by atoms with Gasteiger partial charge in [-0.25, -0.2) is 13.6 Å². The zero-order chi connectivity index (χ0) is 17.7. The van der Waals surface area contributed by atoms with Crippen molar-refractivity contribution in [2.24, 2.45) is 0 Å². The first kappa shape index (κ1) is 18.3. The van der Waals surface area contributed by atoms with Gasteiger partial charge in [0.1, 0.15) is 17.7 Å². The van der Waals surface area contributed by atoms with E-state index < -0.39 is 23.6 Å². The first-order valence-electron chi connectivity index (χ1n) is 7.94. The molecule has 5 nitrogen and oxygen atoms in total. The van der Waals surface area contributed by atoms with Crippen molar-refractivity contribution in [2.45, 2.75) is 37.8 Å². The van der Waals surface area contributed by atoms with Crippen LogP contribution in [0.2, 0.25) is 0 Å². The zero-order valence-electron chi connectivity index (χ0n) is 13.9. The average Bonchev–Trinajstić information content (AvgIpc) is 3.03. The lowest BCUT2D eigenvalue weighted by Gasteiger charge is -2.26. The molecule has 1 aromatic rings. The number of nitrogens with zero attached hydrogens (tertiary/aromatic N) is 1. The number of nitrogens with one attached hydrogen (secondary N) is 1. The summed E-state index contributed by atoms with van der Waals surface area (Å²) in [6.07, 6.45) is 4.04. The molecule has 1 aromatic carbocycles. The third-order valence-electron chi connectivity index (χ3n) is 4.23. The molecule has 1 fully saturated rings. The number of likely N-dealkylation sites (N-methyl/N-ethyl adjacent to an activating group) is 1. The van der Waals surface area contributed by atoms with E-state index in [4.69, 9.17) is 4.74 Å². The highest BCUT2D eigenvalue weighted by atomic mass is 19.1. The van der Waals surface area contributed by atoms with Gasteiger partial charge in [-0.15, -0.1) is 0 Å². The summed E-state index contributed by atoms with van der Waals surface area (Å²) in [6, 6.07) is 1.82. The van der Waals surface area contributed by atoms with Crippen molar-refractivity contribution in [1.29, 1.82) is 0 Å². The van der Waals surface area contributed by atoms with Crippen molar-refractivity contribution < 1.29 is 23.1 Å². The van der Waals surface area contributed by atoms with E-state index in [2.05, 4.69) is 5.32 Å². The smallest absolute Gasteiger partial charge is 0.327 e. The van der Waals surface area contributed by atoms with Crippen molar-refractivity contribution in [1.82, 2.24) is 10.2 Å². The molecule has 1 unspecified atom stereocenters. The first-order valence-corrected chi connectivity index (χ1v) is 7.94. The van der Waals surface area contributed by atoms with E-state index in [1.807, 2.05) is 0 Å². The molecule has 24 heavy (non-hydrogen) atoms. The minimum absolute atomic E-state index is 0.119. The summed E-state index contributed by atoms with van der Waals surface area (Å²) in [5.74, 6) is -2.40.